The normalized spacial score (nSPS) is 11.0. The number of nitrogens with zero attached hydrogens (tertiary/aromatic N) is 2. The second-order valence-corrected chi connectivity index (χ2v) is 7.34. The SMILES string of the molecule is COc1cccc(-c2nc(CN(CCN)CCc3ccccc3)cs2)c1OC. The Morgan fingerprint density at radius 3 is 2.54 bits per heavy atom. The van der Waals surface area contributed by atoms with Crippen LogP contribution < -0.4 is 15.2 Å². The molecule has 0 saturated heterocycles. The van der Waals surface area contributed by atoms with Gasteiger partial charge in [0.15, 0.2) is 11.5 Å². The van der Waals surface area contributed by atoms with Gasteiger partial charge >= 0.3 is 0 Å². The van der Waals surface area contributed by atoms with E-state index in [1.54, 1.807) is 25.6 Å². The molecule has 0 aliphatic carbocycles. The fraction of sp³-hybridized carbons (Fsp3) is 0.318. The highest BCUT2D eigenvalue weighted by atomic mass is 32.1. The number of hydrogen-bond donors (Lipinski definition) is 1. The maximum atomic E-state index is 5.83. The molecule has 0 unspecified atom stereocenters. The number of aromatic nitrogens is 1. The molecule has 5 nitrogen and oxygen atoms in total. The molecule has 148 valence electrons. The third kappa shape index (κ3) is 5.10. The molecule has 0 aliphatic rings. The predicted octanol–water partition coefficient (Wildman–Crippen LogP) is 3.83. The number of hydrogen-bond acceptors (Lipinski definition) is 6. The van der Waals surface area contributed by atoms with Crippen molar-refractivity contribution in [3.63, 3.8) is 0 Å². The molecular weight excluding hydrogens is 370 g/mol. The van der Waals surface area contributed by atoms with Gasteiger partial charge in [0.05, 0.1) is 25.5 Å². The van der Waals surface area contributed by atoms with Crippen LogP contribution in [-0.2, 0) is 13.0 Å². The minimum atomic E-state index is 0.634. The molecule has 0 spiro atoms. The number of nitrogens with two attached hydrogens (primary N) is 1. The number of thiazole rings is 1. The van der Waals surface area contributed by atoms with Gasteiger partial charge < -0.3 is 15.2 Å². The number of benzene rings is 2. The van der Waals surface area contributed by atoms with Crippen LogP contribution in [0, 0.1) is 0 Å². The highest BCUT2D eigenvalue weighted by Gasteiger charge is 2.15. The summed E-state index contributed by atoms with van der Waals surface area (Å²) in [5, 5.41) is 3.04. The standard InChI is InChI=1S/C22H27N3O2S/c1-26-20-10-6-9-19(21(20)27-2)22-24-18(16-28-22)15-25(14-12-23)13-11-17-7-4-3-5-8-17/h3-10,16H,11-15,23H2,1-2H3. The van der Waals surface area contributed by atoms with Crippen molar-refractivity contribution in [1.82, 2.24) is 9.88 Å². The van der Waals surface area contributed by atoms with Crippen LogP contribution in [-0.4, -0.2) is 43.7 Å². The first-order valence-electron chi connectivity index (χ1n) is 9.37. The van der Waals surface area contributed by atoms with Crippen LogP contribution in [0.15, 0.2) is 53.9 Å². The van der Waals surface area contributed by atoms with Gasteiger partial charge in [-0.15, -0.1) is 11.3 Å². The van der Waals surface area contributed by atoms with E-state index in [0.717, 1.165) is 42.3 Å². The minimum Gasteiger partial charge on any atom is -0.493 e. The van der Waals surface area contributed by atoms with E-state index in [2.05, 4.69) is 34.5 Å². The van der Waals surface area contributed by atoms with E-state index >= 15 is 0 Å². The topological polar surface area (TPSA) is 60.6 Å². The second-order valence-electron chi connectivity index (χ2n) is 6.49. The third-order valence-corrected chi connectivity index (χ3v) is 5.50. The van der Waals surface area contributed by atoms with Crippen molar-refractivity contribution in [2.75, 3.05) is 33.9 Å². The van der Waals surface area contributed by atoms with Crippen LogP contribution in [0.4, 0.5) is 0 Å². The lowest BCUT2D eigenvalue weighted by atomic mass is 10.1. The van der Waals surface area contributed by atoms with E-state index in [4.69, 9.17) is 20.2 Å². The Balaban J connectivity index is 1.71. The van der Waals surface area contributed by atoms with E-state index < -0.39 is 0 Å². The molecule has 2 aromatic carbocycles. The summed E-state index contributed by atoms with van der Waals surface area (Å²) in [6.45, 7) is 3.22. The summed E-state index contributed by atoms with van der Waals surface area (Å²) in [6.07, 6.45) is 1.00. The first kappa shape index (κ1) is 20.3. The molecular formula is C22H27N3O2S. The van der Waals surface area contributed by atoms with E-state index in [-0.39, 0.29) is 0 Å². The molecule has 28 heavy (non-hydrogen) atoms. The zero-order chi connectivity index (χ0) is 19.8. The Labute approximate surface area is 170 Å². The van der Waals surface area contributed by atoms with Crippen LogP contribution in [0.2, 0.25) is 0 Å². The first-order valence-corrected chi connectivity index (χ1v) is 10.2. The van der Waals surface area contributed by atoms with Gasteiger partial charge in [-0.1, -0.05) is 36.4 Å². The van der Waals surface area contributed by atoms with Crippen LogP contribution in [0.5, 0.6) is 11.5 Å². The lowest BCUT2D eigenvalue weighted by molar-refractivity contribution is 0.274. The van der Waals surface area contributed by atoms with Gasteiger partial charge in [0, 0.05) is 31.6 Å². The number of methoxy groups -OCH3 is 2. The smallest absolute Gasteiger partial charge is 0.170 e. The van der Waals surface area contributed by atoms with Crippen molar-refractivity contribution in [2.45, 2.75) is 13.0 Å². The monoisotopic (exact) mass is 397 g/mol. The van der Waals surface area contributed by atoms with Gasteiger partial charge in [-0.2, -0.15) is 0 Å². The molecule has 3 aromatic rings. The molecule has 0 aliphatic heterocycles. The summed E-state index contributed by atoms with van der Waals surface area (Å²) in [5.41, 5.74) is 9.17. The minimum absolute atomic E-state index is 0.634. The highest BCUT2D eigenvalue weighted by molar-refractivity contribution is 7.13. The summed E-state index contributed by atoms with van der Waals surface area (Å²) in [7, 11) is 3.30. The maximum Gasteiger partial charge on any atom is 0.170 e. The zero-order valence-corrected chi connectivity index (χ0v) is 17.2. The maximum absolute atomic E-state index is 5.83. The van der Waals surface area contributed by atoms with Crippen molar-refractivity contribution in [2.24, 2.45) is 5.73 Å². The molecule has 1 heterocycles. The zero-order valence-electron chi connectivity index (χ0n) is 16.4. The predicted molar refractivity (Wildman–Crippen MR) is 115 cm³/mol. The summed E-state index contributed by atoms with van der Waals surface area (Å²) in [6, 6.07) is 16.4. The second kappa shape index (κ2) is 10.2. The fourth-order valence-electron chi connectivity index (χ4n) is 3.17. The number of ether oxygens (including phenoxy) is 2. The van der Waals surface area contributed by atoms with E-state index in [0.29, 0.717) is 18.0 Å². The van der Waals surface area contributed by atoms with Gasteiger partial charge in [-0.3, -0.25) is 4.90 Å². The molecule has 0 amide bonds. The van der Waals surface area contributed by atoms with Crippen LogP contribution in [0.3, 0.4) is 0 Å². The van der Waals surface area contributed by atoms with Crippen LogP contribution >= 0.6 is 11.3 Å². The van der Waals surface area contributed by atoms with Crippen molar-refractivity contribution >= 4 is 11.3 Å². The third-order valence-electron chi connectivity index (χ3n) is 4.58. The lowest BCUT2D eigenvalue weighted by Crippen LogP contribution is -2.31. The summed E-state index contributed by atoms with van der Waals surface area (Å²) in [4.78, 5) is 7.20. The fourth-order valence-corrected chi connectivity index (χ4v) is 4.00. The summed E-state index contributed by atoms with van der Waals surface area (Å²) < 4.78 is 11.0. The summed E-state index contributed by atoms with van der Waals surface area (Å²) >= 11 is 1.62. The van der Waals surface area contributed by atoms with Gasteiger partial charge in [-0.05, 0) is 24.1 Å². The van der Waals surface area contributed by atoms with Gasteiger partial charge in [0.2, 0.25) is 0 Å². The average molecular weight is 398 g/mol. The number of rotatable bonds is 10. The lowest BCUT2D eigenvalue weighted by Gasteiger charge is -2.20. The molecule has 1 aromatic heterocycles. The van der Waals surface area contributed by atoms with Crippen molar-refractivity contribution < 1.29 is 9.47 Å². The van der Waals surface area contributed by atoms with Crippen molar-refractivity contribution in [1.29, 1.82) is 0 Å². The molecule has 0 radical (unpaired) electrons. The molecule has 0 fully saturated rings. The molecule has 2 N–H and O–H groups in total. The van der Waals surface area contributed by atoms with Crippen LogP contribution in [0.25, 0.3) is 10.6 Å². The Hall–Kier alpha value is -2.41. The summed E-state index contributed by atoms with van der Waals surface area (Å²) in [5.74, 6) is 1.43. The van der Waals surface area contributed by atoms with Gasteiger partial charge in [0.1, 0.15) is 5.01 Å². The highest BCUT2D eigenvalue weighted by Crippen LogP contribution is 2.39. The molecule has 0 saturated carbocycles. The number of para-hydroxylation sites is 1. The Morgan fingerprint density at radius 2 is 1.82 bits per heavy atom. The molecule has 3 rings (SSSR count). The van der Waals surface area contributed by atoms with Gasteiger partial charge in [-0.25, -0.2) is 4.98 Å². The average Bonchev–Trinajstić information content (AvgIpc) is 3.20. The van der Waals surface area contributed by atoms with E-state index in [1.165, 1.54) is 5.56 Å². The molecule has 0 bridgehead atoms. The quantitative estimate of drug-likeness (QED) is 0.563. The van der Waals surface area contributed by atoms with Gasteiger partial charge in [0.25, 0.3) is 0 Å². The van der Waals surface area contributed by atoms with E-state index in [1.807, 2.05) is 24.3 Å². The Bertz CT molecular complexity index is 867. The van der Waals surface area contributed by atoms with Crippen molar-refractivity contribution in [3.8, 4) is 22.1 Å². The Morgan fingerprint density at radius 1 is 1.00 bits per heavy atom. The van der Waals surface area contributed by atoms with Crippen molar-refractivity contribution in [3.05, 3.63) is 65.2 Å². The first-order chi connectivity index (χ1) is 13.7. The molecule has 6 heteroatoms. The van der Waals surface area contributed by atoms with Crippen LogP contribution in [0.1, 0.15) is 11.3 Å². The van der Waals surface area contributed by atoms with E-state index in [9.17, 15) is 0 Å². The Kier molecular flexibility index (Phi) is 7.42. The molecule has 0 atom stereocenters. The largest absolute Gasteiger partial charge is 0.493 e.